The van der Waals surface area contributed by atoms with E-state index in [0.717, 1.165) is 39.1 Å². The Kier molecular flexibility index (Phi) is 5.35. The maximum absolute atomic E-state index is 11.1. The van der Waals surface area contributed by atoms with Crippen molar-refractivity contribution in [3.63, 3.8) is 0 Å². The summed E-state index contributed by atoms with van der Waals surface area (Å²) in [5.41, 5.74) is 10.5. The fourth-order valence-corrected chi connectivity index (χ4v) is 2.44. The van der Waals surface area contributed by atoms with Crippen molar-refractivity contribution in [3.8, 4) is 0 Å². The van der Waals surface area contributed by atoms with E-state index in [9.17, 15) is 4.79 Å². The molecule has 0 aliphatic carbocycles. The molecule has 112 valence electrons. The molecule has 1 heterocycles. The van der Waals surface area contributed by atoms with Crippen molar-refractivity contribution in [1.29, 1.82) is 0 Å². The first kappa shape index (κ1) is 16.4. The average Bonchev–Trinajstić information content (AvgIpc) is 2.28. The van der Waals surface area contributed by atoms with Crippen LogP contribution in [0, 0.1) is 0 Å². The van der Waals surface area contributed by atoms with Crippen LogP contribution in [0.1, 0.15) is 40.5 Å². The van der Waals surface area contributed by atoms with Gasteiger partial charge in [-0.3, -0.25) is 9.69 Å². The number of nitrogens with zero attached hydrogens (tertiary/aromatic N) is 2. The van der Waals surface area contributed by atoms with Crippen LogP contribution in [0.5, 0.6) is 0 Å². The van der Waals surface area contributed by atoms with E-state index in [0.29, 0.717) is 6.42 Å². The summed E-state index contributed by atoms with van der Waals surface area (Å²) >= 11 is 0. The molecule has 1 atom stereocenters. The lowest BCUT2D eigenvalue weighted by Crippen LogP contribution is -2.54. The number of carbonyl (C=O) groups is 1. The fourth-order valence-electron chi connectivity index (χ4n) is 2.44. The molecule has 1 saturated heterocycles. The van der Waals surface area contributed by atoms with Gasteiger partial charge >= 0.3 is 0 Å². The Morgan fingerprint density at radius 1 is 1.11 bits per heavy atom. The van der Waals surface area contributed by atoms with E-state index in [1.807, 2.05) is 0 Å². The zero-order valence-electron chi connectivity index (χ0n) is 12.9. The SMILES string of the molecule is CC(N)(CCCN1CCN(C(C)(C)C)CC1)C(N)=O. The molecule has 4 N–H and O–H groups in total. The van der Waals surface area contributed by atoms with Gasteiger partial charge in [0.25, 0.3) is 0 Å². The van der Waals surface area contributed by atoms with E-state index in [-0.39, 0.29) is 5.54 Å². The topological polar surface area (TPSA) is 75.6 Å². The first-order valence-electron chi connectivity index (χ1n) is 7.19. The third-order valence-electron chi connectivity index (χ3n) is 4.05. The Bertz CT molecular complexity index is 301. The van der Waals surface area contributed by atoms with Crippen LogP contribution < -0.4 is 11.5 Å². The third kappa shape index (κ3) is 5.09. The molecule has 1 rings (SSSR count). The second-order valence-electron chi connectivity index (χ2n) is 6.88. The second kappa shape index (κ2) is 6.20. The Labute approximate surface area is 117 Å². The van der Waals surface area contributed by atoms with Crippen LogP contribution in [-0.2, 0) is 4.79 Å². The van der Waals surface area contributed by atoms with Gasteiger partial charge in [-0.15, -0.1) is 0 Å². The first-order chi connectivity index (χ1) is 8.63. The quantitative estimate of drug-likeness (QED) is 0.757. The molecule has 1 amide bonds. The van der Waals surface area contributed by atoms with Crippen molar-refractivity contribution in [2.24, 2.45) is 11.5 Å². The van der Waals surface area contributed by atoms with Crippen molar-refractivity contribution < 1.29 is 4.79 Å². The first-order valence-corrected chi connectivity index (χ1v) is 7.19. The van der Waals surface area contributed by atoms with Crippen LogP contribution in [0.15, 0.2) is 0 Å². The molecule has 19 heavy (non-hydrogen) atoms. The van der Waals surface area contributed by atoms with Crippen molar-refractivity contribution in [1.82, 2.24) is 9.80 Å². The highest BCUT2D eigenvalue weighted by Gasteiger charge is 2.27. The fraction of sp³-hybridized carbons (Fsp3) is 0.929. The molecule has 1 aliphatic heterocycles. The Balaban J connectivity index is 2.26. The minimum atomic E-state index is -0.868. The molecule has 0 spiro atoms. The molecule has 0 aromatic rings. The van der Waals surface area contributed by atoms with Gasteiger partial charge < -0.3 is 16.4 Å². The minimum Gasteiger partial charge on any atom is -0.368 e. The van der Waals surface area contributed by atoms with Crippen molar-refractivity contribution in [2.45, 2.75) is 51.6 Å². The number of hydrogen-bond donors (Lipinski definition) is 2. The predicted molar refractivity (Wildman–Crippen MR) is 78.8 cm³/mol. The molecule has 0 radical (unpaired) electrons. The number of amides is 1. The predicted octanol–water partition coefficient (Wildman–Crippen LogP) is 0.385. The van der Waals surface area contributed by atoms with Crippen molar-refractivity contribution >= 4 is 5.91 Å². The number of rotatable bonds is 5. The molecule has 0 aromatic heterocycles. The van der Waals surface area contributed by atoms with E-state index in [1.165, 1.54) is 0 Å². The second-order valence-corrected chi connectivity index (χ2v) is 6.88. The molecular formula is C14H30N4O. The summed E-state index contributed by atoms with van der Waals surface area (Å²) in [5.74, 6) is -0.412. The summed E-state index contributed by atoms with van der Waals surface area (Å²) in [6.07, 6.45) is 1.58. The van der Waals surface area contributed by atoms with Gasteiger partial charge in [-0.1, -0.05) is 0 Å². The lowest BCUT2D eigenvalue weighted by atomic mass is 9.96. The molecule has 0 saturated carbocycles. The summed E-state index contributed by atoms with van der Waals surface area (Å²) in [6, 6.07) is 0. The van der Waals surface area contributed by atoms with Crippen LogP contribution in [0.2, 0.25) is 0 Å². The lowest BCUT2D eigenvalue weighted by molar-refractivity contribution is -0.122. The molecule has 1 aliphatic rings. The van der Waals surface area contributed by atoms with E-state index in [2.05, 4.69) is 30.6 Å². The van der Waals surface area contributed by atoms with E-state index in [1.54, 1.807) is 6.92 Å². The minimum absolute atomic E-state index is 0.258. The van der Waals surface area contributed by atoms with Gasteiger partial charge in [-0.25, -0.2) is 0 Å². The highest BCUT2D eigenvalue weighted by atomic mass is 16.1. The monoisotopic (exact) mass is 270 g/mol. The summed E-state index contributed by atoms with van der Waals surface area (Å²) in [6.45, 7) is 13.9. The van der Waals surface area contributed by atoms with Crippen LogP contribution in [0.3, 0.4) is 0 Å². The van der Waals surface area contributed by atoms with E-state index < -0.39 is 11.4 Å². The molecule has 1 fully saturated rings. The van der Waals surface area contributed by atoms with Gasteiger partial charge in [0.05, 0.1) is 5.54 Å². The lowest BCUT2D eigenvalue weighted by Gasteiger charge is -2.42. The van der Waals surface area contributed by atoms with Crippen LogP contribution in [0.4, 0.5) is 0 Å². The van der Waals surface area contributed by atoms with Crippen molar-refractivity contribution in [2.75, 3.05) is 32.7 Å². The highest BCUT2D eigenvalue weighted by Crippen LogP contribution is 2.16. The molecule has 1 unspecified atom stereocenters. The van der Waals surface area contributed by atoms with Gasteiger partial charge in [0, 0.05) is 31.7 Å². The third-order valence-corrected chi connectivity index (χ3v) is 4.05. The number of piperazine rings is 1. The Hall–Kier alpha value is -0.650. The average molecular weight is 270 g/mol. The summed E-state index contributed by atoms with van der Waals surface area (Å²) in [7, 11) is 0. The van der Waals surface area contributed by atoms with Crippen LogP contribution in [-0.4, -0.2) is 59.5 Å². The van der Waals surface area contributed by atoms with Gasteiger partial charge in [-0.05, 0) is 47.1 Å². The van der Waals surface area contributed by atoms with E-state index in [4.69, 9.17) is 11.5 Å². The van der Waals surface area contributed by atoms with Crippen LogP contribution in [0.25, 0.3) is 0 Å². The van der Waals surface area contributed by atoms with Crippen molar-refractivity contribution in [3.05, 3.63) is 0 Å². The van der Waals surface area contributed by atoms with Gasteiger partial charge in [0.1, 0.15) is 0 Å². The van der Waals surface area contributed by atoms with Gasteiger partial charge in [0.15, 0.2) is 0 Å². The van der Waals surface area contributed by atoms with Gasteiger partial charge in [0.2, 0.25) is 5.91 Å². The zero-order chi connectivity index (χ0) is 14.7. The smallest absolute Gasteiger partial charge is 0.237 e. The summed E-state index contributed by atoms with van der Waals surface area (Å²) in [5, 5.41) is 0. The zero-order valence-corrected chi connectivity index (χ0v) is 12.9. The molecule has 0 bridgehead atoms. The van der Waals surface area contributed by atoms with Crippen LogP contribution >= 0.6 is 0 Å². The normalized spacial score (nSPS) is 22.2. The number of carbonyl (C=O) groups excluding carboxylic acids is 1. The molecule has 0 aromatic carbocycles. The number of hydrogen-bond acceptors (Lipinski definition) is 4. The molecule has 5 heteroatoms. The maximum atomic E-state index is 11.1. The summed E-state index contributed by atoms with van der Waals surface area (Å²) in [4.78, 5) is 16.1. The van der Waals surface area contributed by atoms with Gasteiger partial charge in [-0.2, -0.15) is 0 Å². The largest absolute Gasteiger partial charge is 0.368 e. The number of primary amides is 1. The maximum Gasteiger partial charge on any atom is 0.237 e. The molecular weight excluding hydrogens is 240 g/mol. The highest BCUT2D eigenvalue weighted by molar-refractivity contribution is 5.83. The Morgan fingerprint density at radius 3 is 2.05 bits per heavy atom. The Morgan fingerprint density at radius 2 is 1.63 bits per heavy atom. The molecule has 5 nitrogen and oxygen atoms in total. The standard InChI is InChI=1S/C14H30N4O/c1-13(2,3)18-10-8-17(9-11-18)7-5-6-14(4,16)12(15)19/h5-11,16H2,1-4H3,(H2,15,19). The summed E-state index contributed by atoms with van der Waals surface area (Å²) < 4.78 is 0. The van der Waals surface area contributed by atoms with E-state index >= 15 is 0 Å². The number of nitrogens with two attached hydrogens (primary N) is 2.